The van der Waals surface area contributed by atoms with E-state index in [1.165, 1.54) is 48.1 Å². The Morgan fingerprint density at radius 1 is 1.03 bits per heavy atom. The van der Waals surface area contributed by atoms with E-state index in [0.717, 1.165) is 23.8 Å². The maximum absolute atomic E-state index is 5.07. The second-order valence-corrected chi connectivity index (χ2v) is 8.41. The van der Waals surface area contributed by atoms with Gasteiger partial charge in [0.2, 0.25) is 5.95 Å². The number of hydrogen-bond acceptors (Lipinski definition) is 2. The molecule has 1 heterocycles. The van der Waals surface area contributed by atoms with Gasteiger partial charge in [-0.2, -0.15) is 0 Å². The third kappa shape index (κ3) is 4.19. The van der Waals surface area contributed by atoms with Gasteiger partial charge in [0.1, 0.15) is 0 Å². The number of fused-ring (bicyclic) bond motifs is 1. The number of rotatable bonds is 4. The molecule has 0 spiro atoms. The molecule has 4 rings (SSSR count). The molecule has 1 saturated carbocycles. The number of benzene rings is 1. The van der Waals surface area contributed by atoms with Crippen LogP contribution in [0.3, 0.4) is 0 Å². The largest absolute Gasteiger partial charge is 0.353 e. The van der Waals surface area contributed by atoms with Crippen LogP contribution in [0.4, 0.5) is 5.95 Å². The maximum atomic E-state index is 5.07. The topological polar surface area (TPSA) is 29.9 Å². The second kappa shape index (κ2) is 9.02. The first-order valence-electron chi connectivity index (χ1n) is 11.3. The second-order valence-electron chi connectivity index (χ2n) is 8.41. The van der Waals surface area contributed by atoms with E-state index >= 15 is 0 Å². The van der Waals surface area contributed by atoms with Crippen molar-refractivity contribution in [3.8, 4) is 0 Å². The minimum Gasteiger partial charge on any atom is -0.353 e. The third-order valence-electron chi connectivity index (χ3n) is 6.49. The zero-order valence-electron chi connectivity index (χ0n) is 18.9. The van der Waals surface area contributed by atoms with E-state index in [0.29, 0.717) is 12.0 Å². The van der Waals surface area contributed by atoms with Gasteiger partial charge in [0.15, 0.2) is 0 Å². The summed E-state index contributed by atoms with van der Waals surface area (Å²) in [5.41, 5.74) is 7.30. The highest BCUT2D eigenvalue weighted by atomic mass is 15.2. The molecule has 0 saturated heterocycles. The van der Waals surface area contributed by atoms with Gasteiger partial charge in [0.05, 0.1) is 17.9 Å². The fourth-order valence-corrected chi connectivity index (χ4v) is 4.48. The van der Waals surface area contributed by atoms with E-state index in [1.807, 2.05) is 13.8 Å². The fourth-order valence-electron chi connectivity index (χ4n) is 4.48. The Morgan fingerprint density at radius 2 is 1.66 bits per heavy atom. The van der Waals surface area contributed by atoms with Crippen molar-refractivity contribution in [3.05, 3.63) is 65.5 Å². The Balaban J connectivity index is 0.00000117. The van der Waals surface area contributed by atoms with Crippen LogP contribution in [0.25, 0.3) is 5.57 Å². The zero-order valence-corrected chi connectivity index (χ0v) is 18.9. The smallest absolute Gasteiger partial charge is 0.204 e. The first kappa shape index (κ1) is 21.4. The predicted octanol–water partition coefficient (Wildman–Crippen LogP) is 6.94. The van der Waals surface area contributed by atoms with Crippen molar-refractivity contribution in [2.24, 2.45) is 5.92 Å². The lowest BCUT2D eigenvalue weighted by Crippen LogP contribution is -2.20. The third-order valence-corrected chi connectivity index (χ3v) is 6.49. The molecule has 29 heavy (non-hydrogen) atoms. The molecular weight excluding hydrogens is 354 g/mol. The summed E-state index contributed by atoms with van der Waals surface area (Å²) in [7, 11) is 0. The average Bonchev–Trinajstić information content (AvgIpc) is 3.37. The minimum atomic E-state index is 0.267. The van der Waals surface area contributed by atoms with Crippen LogP contribution in [0.2, 0.25) is 0 Å². The number of hydrogen-bond donors (Lipinski definition) is 1. The lowest BCUT2D eigenvalue weighted by Gasteiger charge is -2.30. The average molecular weight is 392 g/mol. The molecule has 2 aliphatic carbocycles. The zero-order chi connectivity index (χ0) is 21.1. The lowest BCUT2D eigenvalue weighted by molar-refractivity contribution is 0.686. The normalized spacial score (nSPS) is 21.6. The maximum Gasteiger partial charge on any atom is 0.204 e. The SMILES string of the molecule is C=C1c2c(nc(NC3CCCC3)n2Cc2ccc(C)cc2)C(C)C(=C)C1C.CC. The Morgan fingerprint density at radius 3 is 2.28 bits per heavy atom. The van der Waals surface area contributed by atoms with Gasteiger partial charge in [-0.05, 0) is 30.9 Å². The van der Waals surface area contributed by atoms with Gasteiger partial charge in [-0.1, -0.05) is 89.1 Å². The number of nitrogens with zero attached hydrogens (tertiary/aromatic N) is 2. The molecule has 2 atom stereocenters. The molecule has 1 N–H and O–H groups in total. The number of aryl methyl sites for hydroxylation is 1. The Bertz CT molecular complexity index is 866. The van der Waals surface area contributed by atoms with Crippen LogP contribution >= 0.6 is 0 Å². The number of allylic oxidation sites excluding steroid dienone is 2. The lowest BCUT2D eigenvalue weighted by atomic mass is 9.77. The molecule has 2 aromatic rings. The Hall–Kier alpha value is -2.29. The van der Waals surface area contributed by atoms with Crippen molar-refractivity contribution in [1.29, 1.82) is 0 Å². The highest BCUT2D eigenvalue weighted by molar-refractivity contribution is 5.73. The van der Waals surface area contributed by atoms with E-state index < -0.39 is 0 Å². The Labute approximate surface area is 176 Å². The minimum absolute atomic E-state index is 0.267. The van der Waals surface area contributed by atoms with Crippen molar-refractivity contribution in [1.82, 2.24) is 9.55 Å². The first-order valence-corrected chi connectivity index (χ1v) is 11.3. The highest BCUT2D eigenvalue weighted by Crippen LogP contribution is 2.45. The van der Waals surface area contributed by atoms with E-state index in [9.17, 15) is 0 Å². The molecular formula is C26H37N3. The van der Waals surface area contributed by atoms with E-state index in [4.69, 9.17) is 4.98 Å². The van der Waals surface area contributed by atoms with Gasteiger partial charge in [-0.15, -0.1) is 0 Å². The van der Waals surface area contributed by atoms with Gasteiger partial charge >= 0.3 is 0 Å². The number of anilines is 1. The summed E-state index contributed by atoms with van der Waals surface area (Å²) >= 11 is 0. The van der Waals surface area contributed by atoms with Crippen LogP contribution < -0.4 is 5.32 Å². The molecule has 3 heteroatoms. The highest BCUT2D eigenvalue weighted by Gasteiger charge is 2.34. The van der Waals surface area contributed by atoms with E-state index in [2.05, 4.69) is 68.1 Å². The summed E-state index contributed by atoms with van der Waals surface area (Å²) in [6.45, 7) is 20.2. The number of imidazole rings is 1. The van der Waals surface area contributed by atoms with Crippen LogP contribution in [0.5, 0.6) is 0 Å². The van der Waals surface area contributed by atoms with Crippen molar-refractivity contribution >= 4 is 11.5 Å². The summed E-state index contributed by atoms with van der Waals surface area (Å²) in [5.74, 6) is 1.56. The summed E-state index contributed by atoms with van der Waals surface area (Å²) < 4.78 is 2.36. The Kier molecular flexibility index (Phi) is 6.66. The molecule has 1 aromatic carbocycles. The quantitative estimate of drug-likeness (QED) is 0.572. The van der Waals surface area contributed by atoms with E-state index in [1.54, 1.807) is 0 Å². The molecule has 0 aliphatic heterocycles. The molecule has 156 valence electrons. The van der Waals surface area contributed by atoms with Crippen LogP contribution in [0, 0.1) is 12.8 Å². The van der Waals surface area contributed by atoms with Gasteiger partial charge in [-0.3, -0.25) is 0 Å². The molecule has 2 unspecified atom stereocenters. The first-order chi connectivity index (χ1) is 14.0. The number of aromatic nitrogens is 2. The fraction of sp³-hybridized carbons (Fsp3) is 0.500. The molecule has 0 amide bonds. The number of nitrogens with one attached hydrogen (secondary N) is 1. The molecule has 1 aromatic heterocycles. The van der Waals surface area contributed by atoms with Crippen LogP contribution in [0.1, 0.15) is 81.8 Å². The van der Waals surface area contributed by atoms with Crippen molar-refractivity contribution in [3.63, 3.8) is 0 Å². The molecule has 2 aliphatic rings. The van der Waals surface area contributed by atoms with Gasteiger partial charge in [0, 0.05) is 17.9 Å². The monoisotopic (exact) mass is 391 g/mol. The standard InChI is InChI=1S/C24H31N3.C2H6/c1-15-10-12-20(13-11-15)14-27-23-19(5)17(3)16(2)18(4)22(23)26-24(27)25-21-8-6-7-9-21;1-2/h10-13,17-18,21H,2,5-9,14H2,1,3-4H3,(H,25,26);1-2H3. The molecule has 0 radical (unpaired) electrons. The van der Waals surface area contributed by atoms with Gasteiger partial charge in [0.25, 0.3) is 0 Å². The predicted molar refractivity (Wildman–Crippen MR) is 125 cm³/mol. The van der Waals surface area contributed by atoms with Crippen molar-refractivity contribution in [2.75, 3.05) is 5.32 Å². The van der Waals surface area contributed by atoms with Crippen LogP contribution in [-0.4, -0.2) is 15.6 Å². The summed E-state index contributed by atoms with van der Waals surface area (Å²) in [4.78, 5) is 5.07. The molecule has 1 fully saturated rings. The summed E-state index contributed by atoms with van der Waals surface area (Å²) in [5, 5.41) is 3.75. The van der Waals surface area contributed by atoms with Crippen molar-refractivity contribution < 1.29 is 0 Å². The van der Waals surface area contributed by atoms with Crippen LogP contribution in [-0.2, 0) is 6.54 Å². The van der Waals surface area contributed by atoms with Crippen LogP contribution in [0.15, 0.2) is 43.0 Å². The van der Waals surface area contributed by atoms with Gasteiger partial charge in [-0.25, -0.2) is 4.98 Å². The van der Waals surface area contributed by atoms with E-state index in [-0.39, 0.29) is 5.92 Å². The van der Waals surface area contributed by atoms with Crippen molar-refractivity contribution in [2.45, 2.75) is 78.8 Å². The molecule has 3 nitrogen and oxygen atoms in total. The van der Waals surface area contributed by atoms with Gasteiger partial charge < -0.3 is 9.88 Å². The summed E-state index contributed by atoms with van der Waals surface area (Å²) in [6, 6.07) is 9.35. The summed E-state index contributed by atoms with van der Waals surface area (Å²) in [6.07, 6.45) is 5.10. The molecule has 0 bridgehead atoms.